The van der Waals surface area contributed by atoms with Gasteiger partial charge in [0.2, 0.25) is 0 Å². The van der Waals surface area contributed by atoms with Gasteiger partial charge in [-0.3, -0.25) is 0 Å². The Morgan fingerprint density at radius 3 is 2.03 bits per heavy atom. The summed E-state index contributed by atoms with van der Waals surface area (Å²) in [6.07, 6.45) is 0. The first-order valence-electron chi connectivity index (χ1n) is 11.2. The van der Waals surface area contributed by atoms with Gasteiger partial charge in [0, 0.05) is 32.4 Å². The predicted octanol–water partition coefficient (Wildman–Crippen LogP) is 6.40. The van der Waals surface area contributed by atoms with E-state index in [0.717, 1.165) is 54.5 Å². The number of hydrogen-bond acceptors (Lipinski definition) is 1. The maximum absolute atomic E-state index is 15.3. The molecule has 0 saturated heterocycles. The van der Waals surface area contributed by atoms with Crippen LogP contribution in [0.5, 0.6) is 0 Å². The molecule has 0 spiro atoms. The van der Waals surface area contributed by atoms with Crippen molar-refractivity contribution in [3.05, 3.63) is 121 Å². The molecule has 0 fully saturated rings. The van der Waals surface area contributed by atoms with Crippen LogP contribution in [0.3, 0.4) is 0 Å². The van der Waals surface area contributed by atoms with Gasteiger partial charge < -0.3 is 9.13 Å². The van der Waals surface area contributed by atoms with E-state index in [4.69, 9.17) is 0 Å². The summed E-state index contributed by atoms with van der Waals surface area (Å²) in [6.45, 7) is 0. The molecular formula is C30H20NOP. The standard InChI is InChI=1S/C30H20NOP/c32-33(22-13-5-2-6-14-22)28-18-10-8-15-23(28)24-19-20-27-29(30(24)33)25-16-7-9-17-26(25)31(27)21-11-3-1-4-12-21/h1-20H. The summed E-state index contributed by atoms with van der Waals surface area (Å²) < 4.78 is 17.5. The van der Waals surface area contributed by atoms with Crippen molar-refractivity contribution in [2.75, 3.05) is 0 Å². The second-order valence-electron chi connectivity index (χ2n) is 8.51. The fraction of sp³-hybridized carbons (Fsp3) is 0. The van der Waals surface area contributed by atoms with Gasteiger partial charge in [0.15, 0.2) is 7.14 Å². The lowest BCUT2D eigenvalue weighted by Crippen LogP contribution is -2.21. The summed E-state index contributed by atoms with van der Waals surface area (Å²) in [4.78, 5) is 0. The van der Waals surface area contributed by atoms with Crippen LogP contribution < -0.4 is 15.9 Å². The van der Waals surface area contributed by atoms with E-state index < -0.39 is 7.14 Å². The molecule has 1 aliphatic heterocycles. The van der Waals surface area contributed by atoms with Crippen LogP contribution in [0.15, 0.2) is 121 Å². The minimum Gasteiger partial charge on any atom is -0.309 e. The Bertz CT molecular complexity index is 1730. The highest BCUT2D eigenvalue weighted by molar-refractivity contribution is 7.86. The first-order chi connectivity index (χ1) is 16.3. The average molecular weight is 441 g/mol. The molecule has 5 aromatic carbocycles. The Balaban J connectivity index is 1.71. The van der Waals surface area contributed by atoms with Gasteiger partial charge in [-0.15, -0.1) is 0 Å². The van der Waals surface area contributed by atoms with E-state index >= 15 is 4.57 Å². The van der Waals surface area contributed by atoms with Crippen molar-refractivity contribution in [3.63, 3.8) is 0 Å². The Morgan fingerprint density at radius 2 is 1.21 bits per heavy atom. The van der Waals surface area contributed by atoms with Crippen molar-refractivity contribution >= 4 is 44.9 Å². The lowest BCUT2D eigenvalue weighted by atomic mass is 10.0. The van der Waals surface area contributed by atoms with E-state index in [-0.39, 0.29) is 0 Å². The predicted molar refractivity (Wildman–Crippen MR) is 139 cm³/mol. The molecule has 2 heterocycles. The third kappa shape index (κ3) is 2.42. The summed E-state index contributed by atoms with van der Waals surface area (Å²) in [5.74, 6) is 0. The lowest BCUT2D eigenvalue weighted by Gasteiger charge is -2.17. The molecule has 3 heteroatoms. The van der Waals surface area contributed by atoms with Gasteiger partial charge in [0.1, 0.15) is 0 Å². The van der Waals surface area contributed by atoms with Gasteiger partial charge in [-0.25, -0.2) is 0 Å². The third-order valence-corrected chi connectivity index (χ3v) is 9.98. The van der Waals surface area contributed by atoms with Crippen LogP contribution in [0.1, 0.15) is 0 Å². The highest BCUT2D eigenvalue weighted by Crippen LogP contribution is 2.55. The Morgan fingerprint density at radius 1 is 0.545 bits per heavy atom. The molecule has 0 radical (unpaired) electrons. The highest BCUT2D eigenvalue weighted by atomic mass is 31.2. The van der Waals surface area contributed by atoms with E-state index in [1.54, 1.807) is 0 Å². The fourth-order valence-electron chi connectivity index (χ4n) is 5.44. The average Bonchev–Trinajstić information content (AvgIpc) is 3.36. The smallest absolute Gasteiger partial charge is 0.172 e. The van der Waals surface area contributed by atoms with Crippen LogP contribution in [0.2, 0.25) is 0 Å². The van der Waals surface area contributed by atoms with Crippen LogP contribution >= 0.6 is 7.14 Å². The zero-order chi connectivity index (χ0) is 22.0. The maximum atomic E-state index is 15.3. The van der Waals surface area contributed by atoms with Gasteiger partial charge in [-0.2, -0.15) is 0 Å². The van der Waals surface area contributed by atoms with Crippen molar-refractivity contribution in [2.45, 2.75) is 0 Å². The van der Waals surface area contributed by atoms with Crippen molar-refractivity contribution in [1.82, 2.24) is 4.57 Å². The molecule has 0 N–H and O–H groups in total. The van der Waals surface area contributed by atoms with Crippen LogP contribution in [0.25, 0.3) is 38.6 Å². The van der Waals surface area contributed by atoms with Crippen molar-refractivity contribution in [1.29, 1.82) is 0 Å². The van der Waals surface area contributed by atoms with Crippen LogP contribution in [-0.2, 0) is 4.57 Å². The quantitative estimate of drug-likeness (QED) is 0.285. The molecule has 6 aromatic rings. The van der Waals surface area contributed by atoms with Gasteiger partial charge >= 0.3 is 0 Å². The van der Waals surface area contributed by atoms with E-state index in [1.165, 1.54) is 0 Å². The molecule has 0 bridgehead atoms. The summed E-state index contributed by atoms with van der Waals surface area (Å²) in [5.41, 5.74) is 5.49. The molecule has 33 heavy (non-hydrogen) atoms. The third-order valence-electron chi connectivity index (χ3n) is 6.79. The first-order valence-corrected chi connectivity index (χ1v) is 12.9. The zero-order valence-electron chi connectivity index (χ0n) is 17.8. The Labute approximate surface area is 192 Å². The second-order valence-corrected chi connectivity index (χ2v) is 11.2. The summed E-state index contributed by atoms with van der Waals surface area (Å²) in [7, 11) is -3.04. The maximum Gasteiger partial charge on any atom is 0.172 e. The van der Waals surface area contributed by atoms with Crippen LogP contribution in [0, 0.1) is 0 Å². The van der Waals surface area contributed by atoms with Gasteiger partial charge in [-0.05, 0) is 35.4 Å². The SMILES string of the molecule is O=P1(c2ccccc2)c2ccccc2-c2ccc3c(c21)c1ccccc1n3-c1ccccc1. The number of benzene rings is 5. The van der Waals surface area contributed by atoms with E-state index in [0.29, 0.717) is 0 Å². The molecular weight excluding hydrogens is 421 g/mol. The van der Waals surface area contributed by atoms with E-state index in [2.05, 4.69) is 71.3 Å². The number of aromatic nitrogens is 1. The molecule has 0 amide bonds. The summed E-state index contributed by atoms with van der Waals surface area (Å²) in [6, 6.07) is 41.5. The molecule has 156 valence electrons. The Hall–Kier alpha value is -3.87. The zero-order valence-corrected chi connectivity index (χ0v) is 18.7. The number of fused-ring (bicyclic) bond motifs is 7. The minimum absolute atomic E-state index is 0.889. The summed E-state index contributed by atoms with van der Waals surface area (Å²) in [5, 5.41) is 5.03. The molecule has 1 unspecified atom stereocenters. The highest BCUT2D eigenvalue weighted by Gasteiger charge is 2.42. The molecule has 7 rings (SSSR count). The lowest BCUT2D eigenvalue weighted by molar-refractivity contribution is 0.593. The molecule has 0 saturated carbocycles. The first kappa shape index (κ1) is 18.7. The number of para-hydroxylation sites is 2. The molecule has 2 nitrogen and oxygen atoms in total. The molecule has 1 aliphatic rings. The normalized spacial score (nSPS) is 16.7. The molecule has 1 aromatic heterocycles. The largest absolute Gasteiger partial charge is 0.309 e. The van der Waals surface area contributed by atoms with Crippen LogP contribution in [-0.4, -0.2) is 4.57 Å². The monoisotopic (exact) mass is 441 g/mol. The van der Waals surface area contributed by atoms with E-state index in [1.807, 2.05) is 54.6 Å². The molecule has 1 atom stereocenters. The van der Waals surface area contributed by atoms with Crippen molar-refractivity contribution in [3.8, 4) is 16.8 Å². The van der Waals surface area contributed by atoms with Crippen LogP contribution in [0.4, 0.5) is 0 Å². The van der Waals surface area contributed by atoms with Gasteiger partial charge in [-0.1, -0.05) is 97.1 Å². The van der Waals surface area contributed by atoms with Gasteiger partial charge in [0.05, 0.1) is 11.0 Å². The van der Waals surface area contributed by atoms with Crippen molar-refractivity contribution < 1.29 is 4.57 Å². The fourth-order valence-corrected chi connectivity index (χ4v) is 8.73. The number of hydrogen-bond donors (Lipinski definition) is 0. The number of rotatable bonds is 2. The minimum atomic E-state index is -3.04. The number of nitrogens with zero attached hydrogens (tertiary/aromatic N) is 1. The molecule has 0 aliphatic carbocycles. The summed E-state index contributed by atoms with van der Waals surface area (Å²) >= 11 is 0. The topological polar surface area (TPSA) is 22.0 Å². The van der Waals surface area contributed by atoms with Gasteiger partial charge in [0.25, 0.3) is 0 Å². The second kappa shape index (κ2) is 6.81. The van der Waals surface area contributed by atoms with Crippen molar-refractivity contribution in [2.24, 2.45) is 0 Å². The van der Waals surface area contributed by atoms with E-state index in [9.17, 15) is 0 Å². The Kier molecular flexibility index (Phi) is 3.86.